The Hall–Kier alpha value is -5.32. The van der Waals surface area contributed by atoms with Crippen molar-refractivity contribution in [1.29, 1.82) is 0 Å². The predicted molar refractivity (Wildman–Crippen MR) is 167 cm³/mol. The maximum atomic E-state index is 13.8. The minimum absolute atomic E-state index is 0.0553. The summed E-state index contributed by atoms with van der Waals surface area (Å²) < 4.78 is 39.3. The number of carbonyl (C=O) groups is 3. The fraction of sp³-hybridized carbons (Fsp3) is 0.206. The van der Waals surface area contributed by atoms with Crippen LogP contribution in [0.4, 0.5) is 35.0 Å². The predicted octanol–water partition coefficient (Wildman–Crippen LogP) is 6.58. The van der Waals surface area contributed by atoms with Crippen LogP contribution in [0.25, 0.3) is 0 Å². The van der Waals surface area contributed by atoms with Crippen LogP contribution in [0.3, 0.4) is 0 Å². The van der Waals surface area contributed by atoms with Gasteiger partial charge in [0.1, 0.15) is 0 Å². The van der Waals surface area contributed by atoms with Crippen molar-refractivity contribution in [3.05, 3.63) is 125 Å². The third kappa shape index (κ3) is 7.80. The molecule has 4 aromatic carbocycles. The lowest BCUT2D eigenvalue weighted by atomic mass is 10.1. The van der Waals surface area contributed by atoms with E-state index in [1.807, 2.05) is 41.3 Å². The monoisotopic (exact) mass is 615 g/mol. The van der Waals surface area contributed by atoms with E-state index in [4.69, 9.17) is 0 Å². The van der Waals surface area contributed by atoms with Gasteiger partial charge in [-0.3, -0.25) is 9.59 Å². The molecule has 0 unspecified atom stereocenters. The Kier molecular flexibility index (Phi) is 9.36. The average molecular weight is 616 g/mol. The van der Waals surface area contributed by atoms with E-state index in [-0.39, 0.29) is 30.6 Å². The van der Waals surface area contributed by atoms with Crippen LogP contribution in [0.15, 0.2) is 103 Å². The minimum Gasteiger partial charge on any atom is -0.367 e. The maximum absolute atomic E-state index is 13.8. The summed E-state index contributed by atoms with van der Waals surface area (Å²) in [6, 6.07) is 27.5. The van der Waals surface area contributed by atoms with E-state index in [0.29, 0.717) is 42.1 Å². The molecular weight excluding hydrogens is 583 g/mol. The number of amides is 4. The van der Waals surface area contributed by atoms with Gasteiger partial charge in [-0.2, -0.15) is 13.2 Å². The fourth-order valence-corrected chi connectivity index (χ4v) is 5.11. The molecular formula is C34H32F3N5O3. The molecule has 1 heterocycles. The van der Waals surface area contributed by atoms with Crippen LogP contribution in [-0.2, 0) is 12.7 Å². The molecule has 1 aliphatic rings. The molecule has 0 spiro atoms. The lowest BCUT2D eigenvalue weighted by molar-refractivity contribution is -0.137. The second kappa shape index (κ2) is 13.5. The van der Waals surface area contributed by atoms with Crippen molar-refractivity contribution in [2.24, 2.45) is 0 Å². The van der Waals surface area contributed by atoms with E-state index >= 15 is 0 Å². The number of nitrogens with one attached hydrogen (secondary N) is 2. The summed E-state index contributed by atoms with van der Waals surface area (Å²) >= 11 is 0. The third-order valence-corrected chi connectivity index (χ3v) is 7.48. The quantitative estimate of drug-likeness (QED) is 0.246. The van der Waals surface area contributed by atoms with Gasteiger partial charge in [-0.1, -0.05) is 54.6 Å². The maximum Gasteiger partial charge on any atom is 0.416 e. The van der Waals surface area contributed by atoms with Crippen LogP contribution in [0.2, 0.25) is 0 Å². The van der Waals surface area contributed by atoms with E-state index in [2.05, 4.69) is 10.6 Å². The largest absolute Gasteiger partial charge is 0.416 e. The highest BCUT2D eigenvalue weighted by molar-refractivity contribution is 6.06. The van der Waals surface area contributed by atoms with Gasteiger partial charge in [-0.25, -0.2) is 4.79 Å². The standard InChI is InChI=1S/C34H32F3N5O3/c1-40(23-24-9-4-2-5-10-24)32(44)29-22-28(38-31(43)25-11-6-3-7-12-25)15-16-30(29)41-17-19-42(20-18-41)33(45)39-27-14-8-13-26(21-27)34(35,36)37/h2-16,21-22H,17-20,23H2,1H3,(H,38,43)(H,39,45). The minimum atomic E-state index is -4.52. The van der Waals surface area contributed by atoms with Gasteiger partial charge >= 0.3 is 12.2 Å². The van der Waals surface area contributed by atoms with E-state index in [1.165, 1.54) is 17.0 Å². The van der Waals surface area contributed by atoms with E-state index < -0.39 is 17.8 Å². The van der Waals surface area contributed by atoms with Crippen molar-refractivity contribution in [3.8, 4) is 0 Å². The molecule has 0 atom stereocenters. The Balaban J connectivity index is 1.32. The van der Waals surface area contributed by atoms with Crippen molar-refractivity contribution in [3.63, 3.8) is 0 Å². The van der Waals surface area contributed by atoms with Crippen molar-refractivity contribution >= 4 is 34.9 Å². The molecule has 232 valence electrons. The van der Waals surface area contributed by atoms with Crippen LogP contribution >= 0.6 is 0 Å². The molecule has 5 rings (SSSR count). The van der Waals surface area contributed by atoms with Crippen molar-refractivity contribution in [2.45, 2.75) is 12.7 Å². The SMILES string of the molecule is CN(Cc1ccccc1)C(=O)c1cc(NC(=O)c2ccccc2)ccc1N1CCN(C(=O)Nc2cccc(C(F)(F)F)c2)CC1. The average Bonchev–Trinajstić information content (AvgIpc) is 3.05. The molecule has 8 nitrogen and oxygen atoms in total. The first-order valence-electron chi connectivity index (χ1n) is 14.4. The number of piperazine rings is 1. The molecule has 2 N–H and O–H groups in total. The summed E-state index contributed by atoms with van der Waals surface area (Å²) in [6.07, 6.45) is -4.52. The summed E-state index contributed by atoms with van der Waals surface area (Å²) in [7, 11) is 1.71. The zero-order valence-corrected chi connectivity index (χ0v) is 24.6. The lowest BCUT2D eigenvalue weighted by Gasteiger charge is -2.37. The van der Waals surface area contributed by atoms with Crippen LogP contribution in [0.5, 0.6) is 0 Å². The molecule has 0 radical (unpaired) electrons. The highest BCUT2D eigenvalue weighted by Gasteiger charge is 2.31. The van der Waals surface area contributed by atoms with Gasteiger partial charge in [0.25, 0.3) is 11.8 Å². The molecule has 0 saturated carbocycles. The molecule has 1 fully saturated rings. The zero-order chi connectivity index (χ0) is 32.0. The number of hydrogen-bond acceptors (Lipinski definition) is 4. The molecule has 4 amide bonds. The molecule has 4 aromatic rings. The van der Waals surface area contributed by atoms with Crippen LogP contribution < -0.4 is 15.5 Å². The number of rotatable bonds is 7. The fourth-order valence-electron chi connectivity index (χ4n) is 5.11. The number of halogens is 3. The van der Waals surface area contributed by atoms with Gasteiger partial charge in [0.2, 0.25) is 0 Å². The highest BCUT2D eigenvalue weighted by Crippen LogP contribution is 2.31. The molecule has 11 heteroatoms. The first kappa shape index (κ1) is 31.1. The first-order chi connectivity index (χ1) is 21.6. The highest BCUT2D eigenvalue weighted by atomic mass is 19.4. The third-order valence-electron chi connectivity index (χ3n) is 7.48. The van der Waals surface area contributed by atoms with Crippen molar-refractivity contribution in [1.82, 2.24) is 9.80 Å². The topological polar surface area (TPSA) is 85.0 Å². The van der Waals surface area contributed by atoms with E-state index in [9.17, 15) is 27.6 Å². The number of urea groups is 1. The Morgan fingerprint density at radius 1 is 0.756 bits per heavy atom. The van der Waals surface area contributed by atoms with Gasteiger partial charge in [-0.15, -0.1) is 0 Å². The molecule has 45 heavy (non-hydrogen) atoms. The molecule has 0 bridgehead atoms. The normalized spacial score (nSPS) is 13.2. The summed E-state index contributed by atoms with van der Waals surface area (Å²) in [5.74, 6) is -0.547. The number of carbonyl (C=O) groups excluding carboxylic acids is 3. The number of hydrogen-bond donors (Lipinski definition) is 2. The van der Waals surface area contributed by atoms with Gasteiger partial charge in [0.05, 0.1) is 11.1 Å². The molecule has 0 aromatic heterocycles. The Labute approximate surface area is 259 Å². The first-order valence-corrected chi connectivity index (χ1v) is 14.4. The number of alkyl halides is 3. The van der Waals surface area contributed by atoms with Crippen molar-refractivity contribution in [2.75, 3.05) is 48.8 Å². The Morgan fingerprint density at radius 3 is 2.07 bits per heavy atom. The zero-order valence-electron chi connectivity index (χ0n) is 24.6. The van der Waals surface area contributed by atoms with Gasteiger partial charge in [0.15, 0.2) is 0 Å². The van der Waals surface area contributed by atoms with Crippen LogP contribution in [0.1, 0.15) is 31.8 Å². The molecule has 1 aliphatic heterocycles. The molecule has 0 aliphatic carbocycles. The summed E-state index contributed by atoms with van der Waals surface area (Å²) in [4.78, 5) is 44.7. The second-order valence-corrected chi connectivity index (χ2v) is 10.7. The lowest BCUT2D eigenvalue weighted by Crippen LogP contribution is -2.50. The molecule has 1 saturated heterocycles. The summed E-state index contributed by atoms with van der Waals surface area (Å²) in [5, 5.41) is 5.42. The van der Waals surface area contributed by atoms with E-state index in [1.54, 1.807) is 54.4 Å². The summed E-state index contributed by atoms with van der Waals surface area (Å²) in [5.41, 5.74) is 2.15. The van der Waals surface area contributed by atoms with Crippen molar-refractivity contribution < 1.29 is 27.6 Å². The van der Waals surface area contributed by atoms with Crippen LogP contribution in [-0.4, -0.2) is 60.9 Å². The van der Waals surface area contributed by atoms with Gasteiger partial charge in [-0.05, 0) is 54.1 Å². The van der Waals surface area contributed by atoms with Gasteiger partial charge < -0.3 is 25.3 Å². The van der Waals surface area contributed by atoms with E-state index in [0.717, 1.165) is 17.7 Å². The smallest absolute Gasteiger partial charge is 0.367 e. The Bertz CT molecular complexity index is 1660. The van der Waals surface area contributed by atoms with Crippen LogP contribution in [0, 0.1) is 0 Å². The number of benzene rings is 4. The second-order valence-electron chi connectivity index (χ2n) is 10.7. The number of anilines is 3. The summed E-state index contributed by atoms with van der Waals surface area (Å²) in [6.45, 7) is 1.71. The van der Waals surface area contributed by atoms with Gasteiger partial charge in [0, 0.05) is 62.4 Å². The Morgan fingerprint density at radius 2 is 1.40 bits per heavy atom. The number of nitrogens with zero attached hydrogens (tertiary/aromatic N) is 3.